The minimum absolute atomic E-state index is 0.0822. The topological polar surface area (TPSA) is 66.8 Å². The fourth-order valence-electron chi connectivity index (χ4n) is 0.635. The Labute approximate surface area is 71.5 Å². The van der Waals surface area contributed by atoms with E-state index in [2.05, 4.69) is 0 Å². The van der Waals surface area contributed by atoms with Crippen LogP contribution in [0.5, 0.6) is 0 Å². The van der Waals surface area contributed by atoms with Gasteiger partial charge in [0, 0.05) is 0 Å². The van der Waals surface area contributed by atoms with E-state index in [1.54, 1.807) is 13.8 Å². The molecule has 0 saturated carbocycles. The maximum absolute atomic E-state index is 10.5. The van der Waals surface area contributed by atoms with E-state index in [-0.39, 0.29) is 24.7 Å². The van der Waals surface area contributed by atoms with Gasteiger partial charge in [-0.15, -0.1) is 0 Å². The highest BCUT2D eigenvalue weighted by Crippen LogP contribution is 2.09. The van der Waals surface area contributed by atoms with Crippen molar-refractivity contribution in [2.75, 3.05) is 13.2 Å². The van der Waals surface area contributed by atoms with E-state index in [0.29, 0.717) is 0 Å². The molecule has 0 spiro atoms. The Morgan fingerprint density at radius 1 is 1.58 bits per heavy atom. The van der Waals surface area contributed by atoms with Gasteiger partial charge in [0.25, 0.3) is 0 Å². The number of carboxylic acid groups (broad SMARTS) is 1. The van der Waals surface area contributed by atoms with Gasteiger partial charge in [0.2, 0.25) is 0 Å². The van der Waals surface area contributed by atoms with Crippen molar-refractivity contribution in [1.82, 2.24) is 0 Å². The number of hydrogen-bond donors (Lipinski definition) is 2. The molecule has 12 heavy (non-hydrogen) atoms. The van der Waals surface area contributed by atoms with Crippen molar-refractivity contribution in [3.63, 3.8) is 0 Å². The predicted octanol–water partition coefficient (Wildman–Crippen LogP) is 0.620. The standard InChI is InChI=1S/C8H14O4/c1-6(2)7(8(10)11)5-12-4-3-9/h5-6,9H,3-4H2,1-2H3,(H,10,11). The third-order valence-electron chi connectivity index (χ3n) is 1.29. The number of hydrogen-bond acceptors (Lipinski definition) is 3. The fraction of sp³-hybridized carbons (Fsp3) is 0.625. The third kappa shape index (κ3) is 3.98. The first-order valence-corrected chi connectivity index (χ1v) is 3.75. The third-order valence-corrected chi connectivity index (χ3v) is 1.29. The maximum Gasteiger partial charge on any atom is 0.334 e. The van der Waals surface area contributed by atoms with Crippen LogP contribution >= 0.6 is 0 Å². The van der Waals surface area contributed by atoms with Crippen molar-refractivity contribution in [3.05, 3.63) is 11.8 Å². The normalized spacial score (nSPS) is 11.8. The van der Waals surface area contributed by atoms with Crippen molar-refractivity contribution in [3.8, 4) is 0 Å². The van der Waals surface area contributed by atoms with Crippen LogP contribution in [-0.4, -0.2) is 29.4 Å². The molecule has 0 aliphatic heterocycles. The maximum atomic E-state index is 10.5. The summed E-state index contributed by atoms with van der Waals surface area (Å²) in [6.45, 7) is 3.55. The zero-order valence-electron chi connectivity index (χ0n) is 7.28. The SMILES string of the molecule is CC(C)C(=COCCO)C(=O)O. The molecule has 0 radical (unpaired) electrons. The van der Waals surface area contributed by atoms with Crippen LogP contribution in [0.1, 0.15) is 13.8 Å². The molecule has 0 atom stereocenters. The zero-order valence-corrected chi connectivity index (χ0v) is 7.28. The minimum Gasteiger partial charge on any atom is -0.498 e. The number of ether oxygens (including phenoxy) is 1. The molecule has 0 aliphatic carbocycles. The van der Waals surface area contributed by atoms with Gasteiger partial charge < -0.3 is 14.9 Å². The van der Waals surface area contributed by atoms with E-state index >= 15 is 0 Å². The lowest BCUT2D eigenvalue weighted by Gasteiger charge is -2.05. The van der Waals surface area contributed by atoms with Crippen molar-refractivity contribution >= 4 is 5.97 Å². The molecule has 0 rings (SSSR count). The zero-order chi connectivity index (χ0) is 9.56. The lowest BCUT2D eigenvalue weighted by Crippen LogP contribution is -2.08. The highest BCUT2D eigenvalue weighted by atomic mass is 16.5. The van der Waals surface area contributed by atoms with Crippen LogP contribution < -0.4 is 0 Å². The number of aliphatic hydroxyl groups excluding tert-OH is 1. The molecule has 0 saturated heterocycles. The number of rotatable bonds is 5. The van der Waals surface area contributed by atoms with E-state index < -0.39 is 5.97 Å². The average Bonchev–Trinajstić information content (AvgIpc) is 1.96. The molecule has 2 N–H and O–H groups in total. The Morgan fingerprint density at radius 3 is 2.50 bits per heavy atom. The minimum atomic E-state index is -0.983. The quantitative estimate of drug-likeness (QED) is 0.364. The van der Waals surface area contributed by atoms with E-state index in [1.165, 1.54) is 6.26 Å². The number of carboxylic acids is 1. The summed E-state index contributed by atoms with van der Waals surface area (Å²) >= 11 is 0. The van der Waals surface area contributed by atoms with Gasteiger partial charge in [-0.2, -0.15) is 0 Å². The molecule has 0 aliphatic rings. The molecule has 0 aromatic heterocycles. The van der Waals surface area contributed by atoms with Crippen LogP contribution in [0, 0.1) is 5.92 Å². The van der Waals surface area contributed by atoms with Crippen molar-refractivity contribution in [1.29, 1.82) is 0 Å². The van der Waals surface area contributed by atoms with Gasteiger partial charge in [-0.25, -0.2) is 4.79 Å². The van der Waals surface area contributed by atoms with Gasteiger partial charge in [0.05, 0.1) is 18.4 Å². The van der Waals surface area contributed by atoms with E-state index in [1.807, 2.05) is 0 Å². The fourth-order valence-corrected chi connectivity index (χ4v) is 0.635. The molecule has 0 aromatic rings. The van der Waals surface area contributed by atoms with Gasteiger partial charge in [-0.3, -0.25) is 0 Å². The molecule has 0 heterocycles. The monoisotopic (exact) mass is 174 g/mol. The summed E-state index contributed by atoms with van der Waals surface area (Å²) in [5.41, 5.74) is 0.212. The second-order valence-corrected chi connectivity index (χ2v) is 2.63. The van der Waals surface area contributed by atoms with E-state index in [9.17, 15) is 4.79 Å². The first-order valence-electron chi connectivity index (χ1n) is 3.75. The second kappa shape index (κ2) is 5.60. The molecule has 4 nitrogen and oxygen atoms in total. The predicted molar refractivity (Wildman–Crippen MR) is 43.6 cm³/mol. The lowest BCUT2D eigenvalue weighted by molar-refractivity contribution is -0.133. The molecular weight excluding hydrogens is 160 g/mol. The summed E-state index contributed by atoms with van der Waals surface area (Å²) in [4.78, 5) is 10.5. The Bertz CT molecular complexity index is 172. The summed E-state index contributed by atoms with van der Waals surface area (Å²) < 4.78 is 4.77. The Kier molecular flexibility index (Phi) is 5.12. The van der Waals surface area contributed by atoms with Crippen LogP contribution in [0.2, 0.25) is 0 Å². The first kappa shape index (κ1) is 11.0. The number of aliphatic carboxylic acids is 1. The summed E-state index contributed by atoms with van der Waals surface area (Å²) in [6, 6.07) is 0. The van der Waals surface area contributed by atoms with Crippen molar-refractivity contribution < 1.29 is 19.7 Å². The van der Waals surface area contributed by atoms with E-state index in [4.69, 9.17) is 14.9 Å². The van der Waals surface area contributed by atoms with Gasteiger partial charge in [0.1, 0.15) is 6.61 Å². The molecule has 0 amide bonds. The largest absolute Gasteiger partial charge is 0.498 e. The number of aliphatic hydroxyl groups is 1. The van der Waals surface area contributed by atoms with Crippen LogP contribution in [-0.2, 0) is 9.53 Å². The summed E-state index contributed by atoms with van der Waals surface area (Å²) in [5.74, 6) is -1.07. The highest BCUT2D eigenvalue weighted by Gasteiger charge is 2.11. The average molecular weight is 174 g/mol. The Hall–Kier alpha value is -1.03. The van der Waals surface area contributed by atoms with Crippen LogP contribution in [0.15, 0.2) is 11.8 Å². The Morgan fingerprint density at radius 2 is 2.17 bits per heavy atom. The van der Waals surface area contributed by atoms with Crippen LogP contribution in [0.3, 0.4) is 0 Å². The molecular formula is C8H14O4. The lowest BCUT2D eigenvalue weighted by atomic mass is 10.1. The van der Waals surface area contributed by atoms with Gasteiger partial charge in [-0.05, 0) is 5.92 Å². The molecule has 0 bridgehead atoms. The molecule has 0 aromatic carbocycles. The van der Waals surface area contributed by atoms with Gasteiger partial charge in [0.15, 0.2) is 0 Å². The summed E-state index contributed by atoms with van der Waals surface area (Å²) in [5, 5.41) is 17.0. The smallest absolute Gasteiger partial charge is 0.334 e. The summed E-state index contributed by atoms with van der Waals surface area (Å²) in [6.07, 6.45) is 1.18. The van der Waals surface area contributed by atoms with Crippen LogP contribution in [0.4, 0.5) is 0 Å². The first-order chi connectivity index (χ1) is 5.59. The van der Waals surface area contributed by atoms with E-state index in [0.717, 1.165) is 0 Å². The molecule has 4 heteroatoms. The molecule has 0 fully saturated rings. The molecule has 70 valence electrons. The Balaban J connectivity index is 4.10. The highest BCUT2D eigenvalue weighted by molar-refractivity contribution is 5.86. The summed E-state index contributed by atoms with van der Waals surface area (Å²) in [7, 11) is 0. The molecule has 0 unspecified atom stereocenters. The second-order valence-electron chi connectivity index (χ2n) is 2.63. The van der Waals surface area contributed by atoms with Crippen molar-refractivity contribution in [2.24, 2.45) is 5.92 Å². The van der Waals surface area contributed by atoms with Gasteiger partial charge >= 0.3 is 5.97 Å². The number of carbonyl (C=O) groups is 1. The van der Waals surface area contributed by atoms with Crippen LogP contribution in [0.25, 0.3) is 0 Å². The van der Waals surface area contributed by atoms with Crippen molar-refractivity contribution in [2.45, 2.75) is 13.8 Å². The van der Waals surface area contributed by atoms with Gasteiger partial charge in [-0.1, -0.05) is 13.8 Å².